The third-order valence-corrected chi connectivity index (χ3v) is 3.30. The first-order valence-electron chi connectivity index (χ1n) is 5.50. The number of halogens is 4. The van der Waals surface area contributed by atoms with Crippen molar-refractivity contribution in [2.75, 3.05) is 0 Å². The molecule has 1 heterocycles. The second-order valence-corrected chi connectivity index (χ2v) is 5.12. The van der Waals surface area contributed by atoms with E-state index in [4.69, 9.17) is 34.8 Å². The zero-order chi connectivity index (χ0) is 14.7. The molecule has 0 bridgehead atoms. The summed E-state index contributed by atoms with van der Waals surface area (Å²) in [6, 6.07) is 5.58. The number of amides is 1. The average molecular weight is 334 g/mol. The third kappa shape index (κ3) is 3.60. The summed E-state index contributed by atoms with van der Waals surface area (Å²) in [5.41, 5.74) is 0.890. The molecule has 0 fully saturated rings. The van der Waals surface area contributed by atoms with Crippen molar-refractivity contribution in [3.63, 3.8) is 0 Å². The van der Waals surface area contributed by atoms with Crippen molar-refractivity contribution < 1.29 is 9.18 Å². The molecule has 2 aromatic rings. The first-order valence-corrected chi connectivity index (χ1v) is 6.64. The van der Waals surface area contributed by atoms with Crippen LogP contribution in [0.15, 0.2) is 30.5 Å². The predicted molar refractivity (Wildman–Crippen MR) is 76.8 cm³/mol. The highest BCUT2D eigenvalue weighted by Crippen LogP contribution is 2.19. The van der Waals surface area contributed by atoms with Crippen molar-refractivity contribution in [2.45, 2.75) is 6.54 Å². The number of hydrogen-bond donors (Lipinski definition) is 1. The normalized spacial score (nSPS) is 10.4. The van der Waals surface area contributed by atoms with E-state index in [1.54, 1.807) is 0 Å². The van der Waals surface area contributed by atoms with Crippen LogP contribution in [0.5, 0.6) is 0 Å². The van der Waals surface area contributed by atoms with E-state index < -0.39 is 11.7 Å². The monoisotopic (exact) mass is 332 g/mol. The Morgan fingerprint density at radius 2 is 1.95 bits per heavy atom. The highest BCUT2D eigenvalue weighted by molar-refractivity contribution is 6.35. The fraction of sp³-hybridized carbons (Fsp3) is 0.0769. The van der Waals surface area contributed by atoms with Crippen LogP contribution in [-0.2, 0) is 6.54 Å². The Morgan fingerprint density at radius 3 is 2.65 bits per heavy atom. The minimum Gasteiger partial charge on any atom is -0.348 e. The molecule has 3 nitrogen and oxygen atoms in total. The number of carbonyl (C=O) groups excluding carboxylic acids is 1. The molecule has 104 valence electrons. The van der Waals surface area contributed by atoms with Gasteiger partial charge in [0.1, 0.15) is 11.0 Å². The quantitative estimate of drug-likeness (QED) is 0.859. The van der Waals surface area contributed by atoms with Gasteiger partial charge in [-0.2, -0.15) is 0 Å². The summed E-state index contributed by atoms with van der Waals surface area (Å²) < 4.78 is 13.0. The molecule has 0 saturated heterocycles. The van der Waals surface area contributed by atoms with Crippen molar-refractivity contribution in [3.05, 3.63) is 62.6 Å². The van der Waals surface area contributed by atoms with Crippen LogP contribution >= 0.6 is 34.8 Å². The molecule has 0 atom stereocenters. The van der Waals surface area contributed by atoms with E-state index in [-0.39, 0.29) is 27.3 Å². The lowest BCUT2D eigenvalue weighted by atomic mass is 10.2. The number of nitrogens with zero attached hydrogens (tertiary/aromatic N) is 1. The van der Waals surface area contributed by atoms with Crippen LogP contribution in [0, 0.1) is 5.82 Å². The summed E-state index contributed by atoms with van der Waals surface area (Å²) in [4.78, 5) is 15.7. The number of aromatic nitrogens is 1. The van der Waals surface area contributed by atoms with E-state index in [0.29, 0.717) is 5.56 Å². The molecule has 0 radical (unpaired) electrons. The first-order chi connectivity index (χ1) is 9.47. The van der Waals surface area contributed by atoms with Crippen LogP contribution in [0.25, 0.3) is 0 Å². The number of hydrogen-bond acceptors (Lipinski definition) is 2. The molecule has 0 unspecified atom stereocenters. The van der Waals surface area contributed by atoms with Crippen molar-refractivity contribution >= 4 is 40.7 Å². The molecule has 1 aromatic carbocycles. The summed E-state index contributed by atoms with van der Waals surface area (Å²) in [6.45, 7) is 0.190. The number of rotatable bonds is 3. The zero-order valence-electron chi connectivity index (χ0n) is 9.96. The van der Waals surface area contributed by atoms with Crippen LogP contribution in [0.2, 0.25) is 15.2 Å². The zero-order valence-corrected chi connectivity index (χ0v) is 12.2. The van der Waals surface area contributed by atoms with Gasteiger partial charge in [0, 0.05) is 12.7 Å². The Balaban J connectivity index is 2.08. The SMILES string of the molecule is O=C(NCc1ccc(F)c(Cl)c1)c1cc(Cl)ncc1Cl. The number of carbonyl (C=O) groups is 1. The van der Waals surface area contributed by atoms with Crippen LogP contribution in [0.4, 0.5) is 4.39 Å². The first kappa shape index (κ1) is 15.0. The van der Waals surface area contributed by atoms with Gasteiger partial charge < -0.3 is 5.32 Å². The minimum atomic E-state index is -0.509. The van der Waals surface area contributed by atoms with E-state index in [0.717, 1.165) is 0 Å². The topological polar surface area (TPSA) is 42.0 Å². The van der Waals surface area contributed by atoms with Gasteiger partial charge in [0.2, 0.25) is 0 Å². The van der Waals surface area contributed by atoms with Crippen LogP contribution in [0.3, 0.4) is 0 Å². The molecule has 0 aliphatic carbocycles. The largest absolute Gasteiger partial charge is 0.348 e. The maximum atomic E-state index is 13.0. The highest BCUT2D eigenvalue weighted by Gasteiger charge is 2.11. The van der Waals surface area contributed by atoms with Crippen molar-refractivity contribution in [3.8, 4) is 0 Å². The van der Waals surface area contributed by atoms with Crippen LogP contribution < -0.4 is 5.32 Å². The van der Waals surface area contributed by atoms with Crippen LogP contribution in [-0.4, -0.2) is 10.9 Å². The van der Waals surface area contributed by atoms with Gasteiger partial charge in [-0.25, -0.2) is 9.37 Å². The maximum Gasteiger partial charge on any atom is 0.253 e. The Labute approximate surface area is 129 Å². The van der Waals surface area contributed by atoms with E-state index in [2.05, 4.69) is 10.3 Å². The van der Waals surface area contributed by atoms with Gasteiger partial charge >= 0.3 is 0 Å². The lowest BCUT2D eigenvalue weighted by Crippen LogP contribution is -2.23. The molecule has 2 rings (SSSR count). The molecule has 0 spiro atoms. The second kappa shape index (κ2) is 6.39. The number of pyridine rings is 1. The van der Waals surface area contributed by atoms with Gasteiger partial charge in [-0.1, -0.05) is 40.9 Å². The summed E-state index contributed by atoms with van der Waals surface area (Å²) in [6.07, 6.45) is 1.30. The summed E-state index contributed by atoms with van der Waals surface area (Å²) >= 11 is 17.2. The number of nitrogens with one attached hydrogen (secondary N) is 1. The second-order valence-electron chi connectivity index (χ2n) is 3.92. The van der Waals surface area contributed by atoms with Gasteiger partial charge in [-0.05, 0) is 23.8 Å². The van der Waals surface area contributed by atoms with Gasteiger partial charge in [-0.15, -0.1) is 0 Å². The molecule has 7 heteroatoms. The van der Waals surface area contributed by atoms with Crippen molar-refractivity contribution in [1.29, 1.82) is 0 Å². The van der Waals surface area contributed by atoms with Crippen LogP contribution in [0.1, 0.15) is 15.9 Å². The molecule has 0 aliphatic heterocycles. The molecular formula is C13H8Cl3FN2O. The molecule has 1 N–H and O–H groups in total. The van der Waals surface area contributed by atoms with Gasteiger partial charge in [0.25, 0.3) is 5.91 Å². The predicted octanol–water partition coefficient (Wildman–Crippen LogP) is 4.11. The molecule has 1 amide bonds. The summed E-state index contributed by atoms with van der Waals surface area (Å²) in [7, 11) is 0. The van der Waals surface area contributed by atoms with Gasteiger partial charge in [0.05, 0.1) is 15.6 Å². The third-order valence-electron chi connectivity index (χ3n) is 2.50. The Bertz CT molecular complexity index is 664. The lowest BCUT2D eigenvalue weighted by Gasteiger charge is -2.07. The van der Waals surface area contributed by atoms with Gasteiger partial charge in [-0.3, -0.25) is 4.79 Å². The van der Waals surface area contributed by atoms with E-state index in [1.807, 2.05) is 0 Å². The number of benzene rings is 1. The van der Waals surface area contributed by atoms with Crippen molar-refractivity contribution in [2.24, 2.45) is 0 Å². The smallest absolute Gasteiger partial charge is 0.253 e. The molecule has 0 aliphatic rings. The molecule has 20 heavy (non-hydrogen) atoms. The van der Waals surface area contributed by atoms with Gasteiger partial charge in [0.15, 0.2) is 0 Å². The van der Waals surface area contributed by atoms with Crippen molar-refractivity contribution in [1.82, 2.24) is 10.3 Å². The van der Waals surface area contributed by atoms with E-state index in [9.17, 15) is 9.18 Å². The molecule has 1 aromatic heterocycles. The minimum absolute atomic E-state index is 0.00161. The Kier molecular flexibility index (Phi) is 4.81. The summed E-state index contributed by atoms with van der Waals surface area (Å²) in [5, 5.41) is 3.01. The fourth-order valence-corrected chi connectivity index (χ4v) is 2.06. The molecular weight excluding hydrogens is 326 g/mol. The van der Waals surface area contributed by atoms with E-state index in [1.165, 1.54) is 30.5 Å². The lowest BCUT2D eigenvalue weighted by molar-refractivity contribution is 0.0951. The Hall–Kier alpha value is -1.36. The average Bonchev–Trinajstić information content (AvgIpc) is 2.42. The fourth-order valence-electron chi connectivity index (χ4n) is 1.51. The highest BCUT2D eigenvalue weighted by atomic mass is 35.5. The van der Waals surface area contributed by atoms with E-state index >= 15 is 0 Å². The standard InChI is InChI=1S/C13H8Cl3FN2O/c14-9-3-7(1-2-11(9)17)5-19-13(20)8-4-12(16)18-6-10(8)15/h1-4,6H,5H2,(H,19,20). The maximum absolute atomic E-state index is 13.0. The molecule has 0 saturated carbocycles. The Morgan fingerprint density at radius 1 is 1.20 bits per heavy atom. The summed E-state index contributed by atoms with van der Waals surface area (Å²) in [5.74, 6) is -0.912.